The van der Waals surface area contributed by atoms with Crippen molar-refractivity contribution in [3.63, 3.8) is 0 Å². The van der Waals surface area contributed by atoms with Gasteiger partial charge in [0.1, 0.15) is 0 Å². The number of nitrogens with zero attached hydrogens (tertiary/aromatic N) is 2. The van der Waals surface area contributed by atoms with Gasteiger partial charge in [0.2, 0.25) is 6.79 Å². The first-order valence-corrected chi connectivity index (χ1v) is 8.68. The van der Waals surface area contributed by atoms with E-state index in [0.29, 0.717) is 17.1 Å². The Morgan fingerprint density at radius 3 is 2.67 bits per heavy atom. The van der Waals surface area contributed by atoms with Gasteiger partial charge in [-0.15, -0.1) is 11.3 Å². The summed E-state index contributed by atoms with van der Waals surface area (Å²) in [6.45, 7) is 3.54. The third-order valence-corrected chi connectivity index (χ3v) is 5.27. The lowest BCUT2D eigenvalue weighted by Crippen LogP contribution is -2.45. The highest BCUT2D eigenvalue weighted by Gasteiger charge is 2.33. The molecule has 126 valence electrons. The van der Waals surface area contributed by atoms with Crippen molar-refractivity contribution >= 4 is 17.0 Å². The van der Waals surface area contributed by atoms with Crippen molar-refractivity contribution in [2.45, 2.75) is 6.04 Å². The van der Waals surface area contributed by atoms with Crippen molar-refractivity contribution in [2.75, 3.05) is 33.0 Å². The summed E-state index contributed by atoms with van der Waals surface area (Å²) in [6.07, 6.45) is 0. The molecule has 0 saturated carbocycles. The minimum Gasteiger partial charge on any atom is -0.454 e. The van der Waals surface area contributed by atoms with Crippen LogP contribution in [0.1, 0.15) is 16.5 Å². The number of ether oxygens (including phenoxy) is 2. The van der Waals surface area contributed by atoms with E-state index in [2.05, 4.69) is 10.2 Å². The molecule has 0 radical (unpaired) electrons. The highest BCUT2D eigenvalue weighted by Crippen LogP contribution is 2.44. The van der Waals surface area contributed by atoms with Crippen molar-refractivity contribution in [3.05, 3.63) is 50.2 Å². The van der Waals surface area contributed by atoms with Crippen LogP contribution in [-0.4, -0.2) is 42.8 Å². The van der Waals surface area contributed by atoms with Gasteiger partial charge in [-0.25, -0.2) is 0 Å². The maximum absolute atomic E-state index is 11.7. The van der Waals surface area contributed by atoms with E-state index in [1.165, 1.54) is 6.07 Å². The van der Waals surface area contributed by atoms with Gasteiger partial charge in [-0.1, -0.05) is 6.07 Å². The predicted octanol–water partition coefficient (Wildman–Crippen LogP) is 2.38. The molecule has 0 bridgehead atoms. The fourth-order valence-corrected chi connectivity index (χ4v) is 4.12. The smallest absolute Gasteiger partial charge is 0.278 e. The van der Waals surface area contributed by atoms with E-state index in [-0.39, 0.29) is 23.4 Å². The summed E-state index contributed by atoms with van der Waals surface area (Å²) in [5.74, 6) is 1.02. The van der Waals surface area contributed by atoms with Gasteiger partial charge < -0.3 is 14.8 Å². The van der Waals surface area contributed by atoms with Gasteiger partial charge in [-0.3, -0.25) is 15.0 Å². The SMILES string of the molecule is O=[N+]([O-])c1cc2c(cc1[C@@H](c1cccs1)N1CCNCC1)OCO2. The molecule has 0 spiro atoms. The van der Waals surface area contributed by atoms with Gasteiger partial charge in [0.15, 0.2) is 11.5 Å². The molecule has 3 heterocycles. The van der Waals surface area contributed by atoms with Gasteiger partial charge in [0.25, 0.3) is 5.69 Å². The largest absolute Gasteiger partial charge is 0.454 e. The Kier molecular flexibility index (Phi) is 4.09. The van der Waals surface area contributed by atoms with E-state index < -0.39 is 0 Å². The number of nitro benzene ring substituents is 1. The number of nitro groups is 1. The van der Waals surface area contributed by atoms with Crippen LogP contribution >= 0.6 is 11.3 Å². The molecule has 24 heavy (non-hydrogen) atoms. The molecule has 1 aromatic heterocycles. The number of hydrogen-bond acceptors (Lipinski definition) is 7. The average molecular weight is 347 g/mol. The molecule has 2 aliphatic rings. The van der Waals surface area contributed by atoms with E-state index >= 15 is 0 Å². The lowest BCUT2D eigenvalue weighted by Gasteiger charge is -2.34. The molecule has 0 amide bonds. The van der Waals surface area contributed by atoms with Crippen molar-refractivity contribution < 1.29 is 14.4 Å². The minimum absolute atomic E-state index is 0.0798. The van der Waals surface area contributed by atoms with E-state index in [1.54, 1.807) is 17.4 Å². The van der Waals surface area contributed by atoms with Crippen LogP contribution < -0.4 is 14.8 Å². The minimum atomic E-state index is -0.333. The quantitative estimate of drug-likeness (QED) is 0.676. The fraction of sp³-hybridized carbons (Fsp3) is 0.375. The Balaban J connectivity index is 1.84. The maximum Gasteiger partial charge on any atom is 0.278 e. The number of nitrogens with one attached hydrogen (secondary N) is 1. The molecule has 7 nitrogen and oxygen atoms in total. The Bertz CT molecular complexity index is 744. The zero-order valence-electron chi connectivity index (χ0n) is 12.9. The Morgan fingerprint density at radius 1 is 1.25 bits per heavy atom. The monoisotopic (exact) mass is 347 g/mol. The van der Waals surface area contributed by atoms with Crippen LogP contribution in [0.25, 0.3) is 0 Å². The number of piperazine rings is 1. The van der Waals surface area contributed by atoms with Crippen LogP contribution in [0, 0.1) is 10.1 Å². The van der Waals surface area contributed by atoms with Gasteiger partial charge in [-0.2, -0.15) is 0 Å². The summed E-state index contributed by atoms with van der Waals surface area (Å²) in [6, 6.07) is 7.12. The normalized spacial score (nSPS) is 18.5. The summed E-state index contributed by atoms with van der Waals surface area (Å²) >= 11 is 1.62. The van der Waals surface area contributed by atoms with Crippen molar-refractivity contribution in [1.29, 1.82) is 0 Å². The van der Waals surface area contributed by atoms with Crippen LogP contribution in [0.2, 0.25) is 0 Å². The Labute approximate surface area is 142 Å². The molecule has 1 N–H and O–H groups in total. The number of hydrogen-bond donors (Lipinski definition) is 1. The molecule has 1 aromatic carbocycles. The van der Waals surface area contributed by atoms with Gasteiger partial charge in [-0.05, 0) is 17.5 Å². The second-order valence-corrected chi connectivity index (χ2v) is 6.70. The molecule has 0 unspecified atom stereocenters. The van der Waals surface area contributed by atoms with Crippen molar-refractivity contribution in [1.82, 2.24) is 10.2 Å². The molecular weight excluding hydrogens is 330 g/mol. The summed E-state index contributed by atoms with van der Waals surface area (Å²) in [7, 11) is 0. The second-order valence-electron chi connectivity index (χ2n) is 5.73. The van der Waals surface area contributed by atoms with Gasteiger partial charge in [0.05, 0.1) is 22.6 Å². The molecule has 2 aromatic rings. The first-order chi connectivity index (χ1) is 11.7. The number of benzene rings is 1. The van der Waals surface area contributed by atoms with Crippen LogP contribution in [0.3, 0.4) is 0 Å². The van der Waals surface area contributed by atoms with E-state index in [4.69, 9.17) is 9.47 Å². The zero-order valence-corrected chi connectivity index (χ0v) is 13.8. The molecule has 0 aliphatic carbocycles. The van der Waals surface area contributed by atoms with Crippen molar-refractivity contribution in [2.24, 2.45) is 0 Å². The van der Waals surface area contributed by atoms with Crippen molar-refractivity contribution in [3.8, 4) is 11.5 Å². The highest BCUT2D eigenvalue weighted by atomic mass is 32.1. The van der Waals surface area contributed by atoms with E-state index in [0.717, 1.165) is 31.1 Å². The zero-order chi connectivity index (χ0) is 16.5. The molecule has 1 atom stereocenters. The summed E-state index contributed by atoms with van der Waals surface area (Å²) in [4.78, 5) is 14.7. The molecule has 4 rings (SSSR count). The Hall–Kier alpha value is -2.16. The predicted molar refractivity (Wildman–Crippen MR) is 89.8 cm³/mol. The lowest BCUT2D eigenvalue weighted by atomic mass is 10.00. The summed E-state index contributed by atoms with van der Waals surface area (Å²) < 4.78 is 10.8. The molecule has 8 heteroatoms. The van der Waals surface area contributed by atoms with Crippen LogP contribution in [-0.2, 0) is 0 Å². The van der Waals surface area contributed by atoms with Gasteiger partial charge >= 0.3 is 0 Å². The average Bonchev–Trinajstić information content (AvgIpc) is 3.26. The number of thiophene rings is 1. The second kappa shape index (κ2) is 6.39. The first kappa shape index (κ1) is 15.4. The molecule has 1 saturated heterocycles. The fourth-order valence-electron chi connectivity index (χ4n) is 3.24. The topological polar surface area (TPSA) is 76.9 Å². The molecular formula is C16H17N3O4S. The highest BCUT2D eigenvalue weighted by molar-refractivity contribution is 7.10. The van der Waals surface area contributed by atoms with Crippen LogP contribution in [0.5, 0.6) is 11.5 Å². The van der Waals surface area contributed by atoms with Gasteiger partial charge in [0, 0.05) is 31.1 Å². The molecule has 1 fully saturated rings. The van der Waals surface area contributed by atoms with Crippen LogP contribution in [0.15, 0.2) is 29.6 Å². The standard InChI is InChI=1S/C16H17N3O4S/c20-19(21)12-9-14-13(22-10-23-14)8-11(12)16(15-2-1-7-24-15)18-5-3-17-4-6-18/h1-2,7-9,16-17H,3-6,10H2/t16-/m0/s1. The lowest BCUT2D eigenvalue weighted by molar-refractivity contribution is -0.385. The summed E-state index contributed by atoms with van der Waals surface area (Å²) in [5.41, 5.74) is 0.741. The number of rotatable bonds is 4. The summed E-state index contributed by atoms with van der Waals surface area (Å²) in [5, 5.41) is 17.0. The third-order valence-electron chi connectivity index (χ3n) is 4.34. The molecule has 2 aliphatic heterocycles. The first-order valence-electron chi connectivity index (χ1n) is 7.80. The third kappa shape index (κ3) is 2.72. The Morgan fingerprint density at radius 2 is 2.00 bits per heavy atom. The maximum atomic E-state index is 11.7. The van der Waals surface area contributed by atoms with E-state index in [9.17, 15) is 10.1 Å². The van der Waals surface area contributed by atoms with Crippen LogP contribution in [0.4, 0.5) is 5.69 Å². The number of fused-ring (bicyclic) bond motifs is 1. The van der Waals surface area contributed by atoms with E-state index in [1.807, 2.05) is 17.5 Å².